The molecule has 1 aromatic carbocycles. The van der Waals surface area contributed by atoms with Crippen LogP contribution in [0.1, 0.15) is 56.2 Å². The van der Waals surface area contributed by atoms with Gasteiger partial charge in [0, 0.05) is 12.1 Å². The van der Waals surface area contributed by atoms with Gasteiger partial charge in [0.2, 0.25) is 0 Å². The standard InChI is InChI=1S/C18H30N2/c1-4-19-18(16-11-9-15(2)10-12-16)13-14-20(3)17-7-5-6-8-17/h9-12,17-19H,4-8,13-14H2,1-3H3. The van der Waals surface area contributed by atoms with Crippen molar-refractivity contribution in [1.29, 1.82) is 0 Å². The van der Waals surface area contributed by atoms with E-state index in [4.69, 9.17) is 0 Å². The molecule has 0 spiro atoms. The molecule has 0 aromatic heterocycles. The highest BCUT2D eigenvalue weighted by Crippen LogP contribution is 2.24. The van der Waals surface area contributed by atoms with E-state index in [0.29, 0.717) is 6.04 Å². The minimum atomic E-state index is 0.490. The highest BCUT2D eigenvalue weighted by Gasteiger charge is 2.20. The van der Waals surface area contributed by atoms with Crippen LogP contribution in [-0.4, -0.2) is 31.1 Å². The van der Waals surface area contributed by atoms with Gasteiger partial charge in [-0.3, -0.25) is 0 Å². The summed E-state index contributed by atoms with van der Waals surface area (Å²) in [6.45, 7) is 6.57. The predicted octanol–water partition coefficient (Wildman–Crippen LogP) is 3.91. The molecule has 1 aliphatic rings. The lowest BCUT2D eigenvalue weighted by Crippen LogP contribution is -2.33. The van der Waals surface area contributed by atoms with Crippen molar-refractivity contribution in [2.24, 2.45) is 0 Å². The van der Waals surface area contributed by atoms with Gasteiger partial charge in [-0.05, 0) is 51.9 Å². The van der Waals surface area contributed by atoms with Crippen molar-refractivity contribution in [2.75, 3.05) is 20.1 Å². The van der Waals surface area contributed by atoms with Gasteiger partial charge in [0.05, 0.1) is 0 Å². The number of benzene rings is 1. The Hall–Kier alpha value is -0.860. The lowest BCUT2D eigenvalue weighted by Gasteiger charge is -2.27. The molecular formula is C18H30N2. The van der Waals surface area contributed by atoms with E-state index in [-0.39, 0.29) is 0 Å². The molecule has 112 valence electrons. The quantitative estimate of drug-likeness (QED) is 0.811. The molecule has 1 fully saturated rings. The molecule has 1 atom stereocenters. The van der Waals surface area contributed by atoms with Crippen LogP contribution in [0, 0.1) is 6.92 Å². The Balaban J connectivity index is 1.89. The van der Waals surface area contributed by atoms with Crippen LogP contribution in [0.5, 0.6) is 0 Å². The van der Waals surface area contributed by atoms with E-state index in [1.807, 2.05) is 0 Å². The highest BCUT2D eigenvalue weighted by molar-refractivity contribution is 5.24. The lowest BCUT2D eigenvalue weighted by molar-refractivity contribution is 0.232. The van der Waals surface area contributed by atoms with Gasteiger partial charge in [-0.15, -0.1) is 0 Å². The van der Waals surface area contributed by atoms with Crippen LogP contribution in [0.2, 0.25) is 0 Å². The maximum absolute atomic E-state index is 3.64. The third-order valence-corrected chi connectivity index (χ3v) is 4.65. The van der Waals surface area contributed by atoms with E-state index in [9.17, 15) is 0 Å². The van der Waals surface area contributed by atoms with Gasteiger partial charge < -0.3 is 10.2 Å². The van der Waals surface area contributed by atoms with Crippen LogP contribution < -0.4 is 5.32 Å². The highest BCUT2D eigenvalue weighted by atomic mass is 15.1. The Labute approximate surface area is 124 Å². The van der Waals surface area contributed by atoms with Crippen LogP contribution in [0.3, 0.4) is 0 Å². The minimum Gasteiger partial charge on any atom is -0.310 e. The third kappa shape index (κ3) is 4.32. The second kappa shape index (κ2) is 7.80. The number of nitrogens with one attached hydrogen (secondary N) is 1. The first-order chi connectivity index (χ1) is 9.70. The first kappa shape index (κ1) is 15.5. The zero-order chi connectivity index (χ0) is 14.4. The normalized spacial score (nSPS) is 17.8. The lowest BCUT2D eigenvalue weighted by atomic mass is 10.0. The van der Waals surface area contributed by atoms with Crippen LogP contribution in [0.4, 0.5) is 0 Å². The fraction of sp³-hybridized carbons (Fsp3) is 0.667. The second-order valence-corrected chi connectivity index (χ2v) is 6.23. The number of aryl methyl sites for hydroxylation is 1. The number of rotatable bonds is 7. The number of hydrogen-bond donors (Lipinski definition) is 1. The summed E-state index contributed by atoms with van der Waals surface area (Å²) < 4.78 is 0. The SMILES string of the molecule is CCNC(CCN(C)C1CCCC1)c1ccc(C)cc1. The molecule has 2 nitrogen and oxygen atoms in total. The van der Waals surface area contributed by atoms with Crippen molar-refractivity contribution in [1.82, 2.24) is 10.2 Å². The van der Waals surface area contributed by atoms with E-state index in [1.165, 1.54) is 49.8 Å². The first-order valence-corrected chi connectivity index (χ1v) is 8.21. The van der Waals surface area contributed by atoms with E-state index in [2.05, 4.69) is 55.4 Å². The first-order valence-electron chi connectivity index (χ1n) is 8.21. The van der Waals surface area contributed by atoms with Crippen LogP contribution in [-0.2, 0) is 0 Å². The maximum atomic E-state index is 3.64. The molecule has 1 unspecified atom stereocenters. The fourth-order valence-electron chi connectivity index (χ4n) is 3.29. The van der Waals surface area contributed by atoms with Crippen LogP contribution in [0.25, 0.3) is 0 Å². The van der Waals surface area contributed by atoms with Gasteiger partial charge in [0.15, 0.2) is 0 Å². The molecule has 20 heavy (non-hydrogen) atoms. The van der Waals surface area contributed by atoms with Crippen molar-refractivity contribution in [3.8, 4) is 0 Å². The van der Waals surface area contributed by atoms with Gasteiger partial charge in [-0.25, -0.2) is 0 Å². The molecule has 2 rings (SSSR count). The Kier molecular flexibility index (Phi) is 6.06. The summed E-state index contributed by atoms with van der Waals surface area (Å²) in [5.41, 5.74) is 2.77. The zero-order valence-electron chi connectivity index (χ0n) is 13.4. The Morgan fingerprint density at radius 2 is 1.85 bits per heavy atom. The summed E-state index contributed by atoms with van der Waals surface area (Å²) in [5.74, 6) is 0. The average Bonchev–Trinajstić information content (AvgIpc) is 2.98. The van der Waals surface area contributed by atoms with Crippen molar-refractivity contribution < 1.29 is 0 Å². The monoisotopic (exact) mass is 274 g/mol. The average molecular weight is 274 g/mol. The van der Waals surface area contributed by atoms with E-state index < -0.39 is 0 Å². The number of nitrogens with zero attached hydrogens (tertiary/aromatic N) is 1. The third-order valence-electron chi connectivity index (χ3n) is 4.65. The van der Waals surface area contributed by atoms with Gasteiger partial charge >= 0.3 is 0 Å². The summed E-state index contributed by atoms with van der Waals surface area (Å²) in [7, 11) is 2.30. The summed E-state index contributed by atoms with van der Waals surface area (Å²) in [6, 6.07) is 10.3. The van der Waals surface area contributed by atoms with Crippen molar-refractivity contribution in [3.05, 3.63) is 35.4 Å². The molecule has 2 heteroatoms. The second-order valence-electron chi connectivity index (χ2n) is 6.23. The van der Waals surface area contributed by atoms with Gasteiger partial charge in [-0.1, -0.05) is 49.6 Å². The summed E-state index contributed by atoms with van der Waals surface area (Å²) in [6.07, 6.45) is 6.83. The molecule has 1 saturated carbocycles. The molecule has 1 N–H and O–H groups in total. The van der Waals surface area contributed by atoms with Crippen molar-refractivity contribution in [3.63, 3.8) is 0 Å². The topological polar surface area (TPSA) is 15.3 Å². The minimum absolute atomic E-state index is 0.490. The smallest absolute Gasteiger partial charge is 0.0332 e. The molecule has 0 bridgehead atoms. The Bertz CT molecular complexity index is 379. The Morgan fingerprint density at radius 3 is 2.45 bits per heavy atom. The van der Waals surface area contributed by atoms with Crippen LogP contribution in [0.15, 0.2) is 24.3 Å². The van der Waals surface area contributed by atoms with E-state index >= 15 is 0 Å². The summed E-state index contributed by atoms with van der Waals surface area (Å²) in [5, 5.41) is 3.64. The predicted molar refractivity (Wildman–Crippen MR) is 87.1 cm³/mol. The molecular weight excluding hydrogens is 244 g/mol. The maximum Gasteiger partial charge on any atom is 0.0332 e. The Morgan fingerprint density at radius 1 is 1.20 bits per heavy atom. The number of hydrogen-bond acceptors (Lipinski definition) is 2. The largest absolute Gasteiger partial charge is 0.310 e. The van der Waals surface area contributed by atoms with E-state index in [0.717, 1.165) is 12.6 Å². The van der Waals surface area contributed by atoms with Gasteiger partial charge in [0.25, 0.3) is 0 Å². The molecule has 0 amide bonds. The molecule has 0 aliphatic heterocycles. The molecule has 1 aliphatic carbocycles. The molecule has 0 radical (unpaired) electrons. The van der Waals surface area contributed by atoms with E-state index in [1.54, 1.807) is 0 Å². The van der Waals surface area contributed by atoms with Crippen molar-refractivity contribution >= 4 is 0 Å². The molecule has 1 aromatic rings. The molecule has 0 heterocycles. The summed E-state index contributed by atoms with van der Waals surface area (Å²) in [4.78, 5) is 2.57. The van der Waals surface area contributed by atoms with Gasteiger partial charge in [0.1, 0.15) is 0 Å². The van der Waals surface area contributed by atoms with Crippen LogP contribution >= 0.6 is 0 Å². The zero-order valence-corrected chi connectivity index (χ0v) is 13.4. The fourth-order valence-corrected chi connectivity index (χ4v) is 3.29. The van der Waals surface area contributed by atoms with Crippen molar-refractivity contribution in [2.45, 2.75) is 58.0 Å². The summed E-state index contributed by atoms with van der Waals surface area (Å²) >= 11 is 0. The van der Waals surface area contributed by atoms with Gasteiger partial charge in [-0.2, -0.15) is 0 Å². The molecule has 0 saturated heterocycles.